The first kappa shape index (κ1) is 25.1. The van der Waals surface area contributed by atoms with Crippen molar-refractivity contribution < 1.29 is 18.7 Å². The van der Waals surface area contributed by atoms with Gasteiger partial charge < -0.3 is 9.72 Å². The summed E-state index contributed by atoms with van der Waals surface area (Å²) in [6, 6.07) is 10.8. The first-order valence-corrected chi connectivity index (χ1v) is 12.2. The van der Waals surface area contributed by atoms with Crippen LogP contribution in [0, 0.1) is 5.82 Å². The van der Waals surface area contributed by atoms with Gasteiger partial charge >= 0.3 is 6.09 Å². The Hall–Kier alpha value is -4.60. The van der Waals surface area contributed by atoms with Crippen molar-refractivity contribution in [3.63, 3.8) is 0 Å². The number of halogens is 1. The lowest BCUT2D eigenvalue weighted by atomic mass is 10.1. The zero-order chi connectivity index (χ0) is 27.0. The molecule has 194 valence electrons. The van der Waals surface area contributed by atoms with Crippen LogP contribution in [0.15, 0.2) is 61.2 Å². The van der Waals surface area contributed by atoms with Gasteiger partial charge in [0.2, 0.25) is 0 Å². The van der Waals surface area contributed by atoms with Crippen molar-refractivity contribution in [1.82, 2.24) is 24.6 Å². The molecule has 0 radical (unpaired) electrons. The predicted octanol–water partition coefficient (Wildman–Crippen LogP) is 5.60. The minimum atomic E-state index is -0.758. The SMILES string of the molecule is CC(=O)c1cnn2c(N(CCc3c[nH]c4ccccc34)C(=O)OC(C)(C)C)cc(-c3cncc(F)c3)nc12. The number of H-pyrrole nitrogens is 1. The lowest BCUT2D eigenvalue weighted by Gasteiger charge is -2.28. The second-order valence-electron chi connectivity index (χ2n) is 9.98. The second kappa shape index (κ2) is 9.70. The molecule has 10 heteroatoms. The molecule has 0 saturated carbocycles. The second-order valence-corrected chi connectivity index (χ2v) is 9.98. The largest absolute Gasteiger partial charge is 0.443 e. The van der Waals surface area contributed by atoms with Crippen LogP contribution in [0.25, 0.3) is 27.8 Å². The number of rotatable bonds is 6. The zero-order valence-corrected chi connectivity index (χ0v) is 21.5. The van der Waals surface area contributed by atoms with Gasteiger partial charge in [-0.2, -0.15) is 9.61 Å². The average Bonchev–Trinajstić information content (AvgIpc) is 3.47. The van der Waals surface area contributed by atoms with Crippen molar-refractivity contribution >= 4 is 34.2 Å². The highest BCUT2D eigenvalue weighted by molar-refractivity contribution is 6.00. The predicted molar refractivity (Wildman–Crippen MR) is 142 cm³/mol. The van der Waals surface area contributed by atoms with Gasteiger partial charge in [0.25, 0.3) is 0 Å². The van der Waals surface area contributed by atoms with E-state index in [1.165, 1.54) is 34.8 Å². The third-order valence-corrected chi connectivity index (χ3v) is 6.00. The summed E-state index contributed by atoms with van der Waals surface area (Å²) < 4.78 is 21.2. The molecule has 0 aliphatic heterocycles. The van der Waals surface area contributed by atoms with E-state index in [-0.39, 0.29) is 23.5 Å². The molecule has 1 amide bonds. The first-order chi connectivity index (χ1) is 18.1. The molecule has 0 saturated heterocycles. The van der Waals surface area contributed by atoms with Crippen LogP contribution >= 0.6 is 0 Å². The van der Waals surface area contributed by atoms with Gasteiger partial charge in [0.15, 0.2) is 11.4 Å². The van der Waals surface area contributed by atoms with Crippen LogP contribution in [0.2, 0.25) is 0 Å². The molecular formula is C28H27FN6O3. The topological polar surface area (TPSA) is 105 Å². The van der Waals surface area contributed by atoms with Gasteiger partial charge in [0, 0.05) is 41.5 Å². The summed E-state index contributed by atoms with van der Waals surface area (Å²) in [5, 5.41) is 5.43. The van der Waals surface area contributed by atoms with Crippen LogP contribution in [0.4, 0.5) is 15.0 Å². The van der Waals surface area contributed by atoms with Crippen LogP contribution < -0.4 is 4.90 Å². The summed E-state index contributed by atoms with van der Waals surface area (Å²) in [6.07, 6.45) is 5.81. The number of anilines is 1. The van der Waals surface area contributed by atoms with E-state index in [2.05, 4.69) is 20.1 Å². The first-order valence-electron chi connectivity index (χ1n) is 12.2. The zero-order valence-electron chi connectivity index (χ0n) is 21.5. The van der Waals surface area contributed by atoms with E-state index < -0.39 is 17.5 Å². The highest BCUT2D eigenvalue weighted by Crippen LogP contribution is 2.28. The van der Waals surface area contributed by atoms with Crippen LogP contribution in [0.5, 0.6) is 0 Å². The number of carbonyl (C=O) groups is 2. The molecule has 4 heterocycles. The van der Waals surface area contributed by atoms with Crippen molar-refractivity contribution in [2.45, 2.75) is 39.7 Å². The van der Waals surface area contributed by atoms with Gasteiger partial charge in [-0.25, -0.2) is 14.2 Å². The van der Waals surface area contributed by atoms with Crippen LogP contribution in [-0.2, 0) is 11.2 Å². The Labute approximate surface area is 218 Å². The number of Topliss-reactive ketones (excluding diaryl/α,β-unsaturated/α-hetero) is 1. The van der Waals surface area contributed by atoms with E-state index in [9.17, 15) is 14.0 Å². The quantitative estimate of drug-likeness (QED) is 0.296. The Bertz CT molecular complexity index is 1670. The Balaban J connectivity index is 1.65. The summed E-state index contributed by atoms with van der Waals surface area (Å²) in [6.45, 7) is 7.02. The van der Waals surface area contributed by atoms with Gasteiger partial charge in [0.05, 0.1) is 23.7 Å². The van der Waals surface area contributed by atoms with E-state index in [1.54, 1.807) is 26.8 Å². The van der Waals surface area contributed by atoms with E-state index in [4.69, 9.17) is 4.74 Å². The van der Waals surface area contributed by atoms with Crippen LogP contribution in [0.1, 0.15) is 43.6 Å². The number of aromatic nitrogens is 5. The van der Waals surface area contributed by atoms with E-state index in [0.717, 1.165) is 22.7 Å². The van der Waals surface area contributed by atoms with Crippen molar-refractivity contribution in [2.24, 2.45) is 0 Å². The summed E-state index contributed by atoms with van der Waals surface area (Å²) >= 11 is 0. The lowest BCUT2D eigenvalue weighted by Crippen LogP contribution is -2.39. The fourth-order valence-electron chi connectivity index (χ4n) is 4.27. The molecule has 5 aromatic rings. The molecule has 4 aromatic heterocycles. The smallest absolute Gasteiger partial charge is 0.416 e. The molecule has 0 bridgehead atoms. The number of para-hydroxylation sites is 1. The van der Waals surface area contributed by atoms with E-state index >= 15 is 0 Å². The molecule has 38 heavy (non-hydrogen) atoms. The van der Waals surface area contributed by atoms with Crippen molar-refractivity contribution in [1.29, 1.82) is 0 Å². The Morgan fingerprint density at radius 1 is 1.13 bits per heavy atom. The Kier molecular flexibility index (Phi) is 6.40. The number of ether oxygens (including phenoxy) is 1. The van der Waals surface area contributed by atoms with E-state index in [1.807, 2.05) is 30.5 Å². The molecule has 0 aliphatic carbocycles. The number of carbonyl (C=O) groups excluding carboxylic acids is 2. The van der Waals surface area contributed by atoms with Crippen molar-refractivity contribution in [2.75, 3.05) is 11.4 Å². The summed E-state index contributed by atoms with van der Waals surface area (Å²) in [4.78, 5) is 39.2. The molecule has 1 N–H and O–H groups in total. The fourth-order valence-corrected chi connectivity index (χ4v) is 4.27. The molecule has 9 nitrogen and oxygen atoms in total. The van der Waals surface area contributed by atoms with Crippen molar-refractivity contribution in [3.05, 3.63) is 78.1 Å². The number of hydrogen-bond donors (Lipinski definition) is 1. The number of benzene rings is 1. The van der Waals surface area contributed by atoms with Crippen LogP contribution in [-0.4, -0.2) is 48.6 Å². The standard InChI is InChI=1S/C28H27FN6O3/c1-17(36)22-16-32-35-25(12-24(33-26(22)35)19-11-20(29)15-30-13-19)34(27(37)38-28(2,3)4)10-9-18-14-31-23-8-6-5-7-21(18)23/h5-8,11-16,31H,9-10H2,1-4H3. The maximum absolute atomic E-state index is 14.0. The molecular weight excluding hydrogens is 487 g/mol. The fraction of sp³-hybridized carbons (Fsp3) is 0.250. The molecule has 0 fully saturated rings. The van der Waals surface area contributed by atoms with Gasteiger partial charge in [-0.15, -0.1) is 0 Å². The normalized spacial score (nSPS) is 11.7. The van der Waals surface area contributed by atoms with Gasteiger partial charge in [-0.05, 0) is 51.8 Å². The van der Waals surface area contributed by atoms with Crippen LogP contribution in [0.3, 0.4) is 0 Å². The summed E-state index contributed by atoms with van der Waals surface area (Å²) in [5.41, 5.74) is 2.52. The molecule has 0 aliphatic rings. The molecule has 0 atom stereocenters. The molecule has 0 spiro atoms. The minimum absolute atomic E-state index is 0.240. The molecule has 5 rings (SSSR count). The lowest BCUT2D eigenvalue weighted by molar-refractivity contribution is 0.0579. The third-order valence-electron chi connectivity index (χ3n) is 6.00. The highest BCUT2D eigenvalue weighted by Gasteiger charge is 2.28. The maximum Gasteiger partial charge on any atom is 0.416 e. The number of ketones is 1. The maximum atomic E-state index is 14.0. The summed E-state index contributed by atoms with van der Waals surface area (Å²) in [5.74, 6) is -0.444. The third kappa shape index (κ3) is 4.97. The number of fused-ring (bicyclic) bond motifs is 2. The summed E-state index contributed by atoms with van der Waals surface area (Å²) in [7, 11) is 0. The van der Waals surface area contributed by atoms with Gasteiger partial charge in [0.1, 0.15) is 17.2 Å². The van der Waals surface area contributed by atoms with Gasteiger partial charge in [-0.3, -0.25) is 14.7 Å². The molecule has 0 unspecified atom stereocenters. The molecule has 1 aromatic carbocycles. The number of aromatic amines is 1. The van der Waals surface area contributed by atoms with Crippen molar-refractivity contribution in [3.8, 4) is 11.3 Å². The number of amides is 1. The van der Waals surface area contributed by atoms with E-state index in [0.29, 0.717) is 23.5 Å². The number of nitrogens with one attached hydrogen (secondary N) is 1. The monoisotopic (exact) mass is 514 g/mol. The Morgan fingerprint density at radius 2 is 1.92 bits per heavy atom. The van der Waals surface area contributed by atoms with Gasteiger partial charge in [-0.1, -0.05) is 18.2 Å². The minimum Gasteiger partial charge on any atom is -0.443 e. The number of pyridine rings is 1. The number of nitrogens with zero attached hydrogens (tertiary/aromatic N) is 5. The Morgan fingerprint density at radius 3 is 2.66 bits per heavy atom. The average molecular weight is 515 g/mol. The highest BCUT2D eigenvalue weighted by atomic mass is 19.1. The number of hydrogen-bond acceptors (Lipinski definition) is 6.